The molecule has 210 valence electrons. The monoisotopic (exact) mass is 524 g/mol. The summed E-state index contributed by atoms with van der Waals surface area (Å²) in [6.45, 7) is 12.5. The Morgan fingerprint density at radius 2 is 1.41 bits per heavy atom. The largest absolute Gasteiger partial charge is 0.466 e. The highest BCUT2D eigenvalue weighted by Gasteiger charge is 2.69. The highest BCUT2D eigenvalue weighted by atomic mass is 16.6. The maximum Gasteiger partial charge on any atom is 0.302 e. The number of esters is 4. The van der Waals surface area contributed by atoms with Crippen LogP contribution in [0.1, 0.15) is 93.4 Å². The molecule has 3 fully saturated rings. The lowest BCUT2D eigenvalue weighted by Crippen LogP contribution is -2.67. The molecule has 0 aromatic rings. The minimum absolute atomic E-state index is 0.0617. The molecule has 3 rings (SSSR count). The predicted molar refractivity (Wildman–Crippen MR) is 133 cm³/mol. The van der Waals surface area contributed by atoms with Crippen LogP contribution in [0.3, 0.4) is 0 Å². The quantitative estimate of drug-likeness (QED) is 0.341. The zero-order valence-electron chi connectivity index (χ0n) is 23.5. The Labute approximate surface area is 220 Å². The maximum atomic E-state index is 12.0. The zero-order chi connectivity index (χ0) is 27.6. The third kappa shape index (κ3) is 5.66. The van der Waals surface area contributed by atoms with Gasteiger partial charge < -0.3 is 23.7 Å². The van der Waals surface area contributed by atoms with E-state index in [-0.39, 0.29) is 67.1 Å². The number of hydrogen-bond acceptors (Lipinski definition) is 9. The van der Waals surface area contributed by atoms with Crippen LogP contribution in [0.5, 0.6) is 0 Å². The molecular weight excluding hydrogens is 480 g/mol. The van der Waals surface area contributed by atoms with Gasteiger partial charge in [-0.25, -0.2) is 0 Å². The molecule has 37 heavy (non-hydrogen) atoms. The summed E-state index contributed by atoms with van der Waals surface area (Å²) in [6.07, 6.45) is 4.70. The van der Waals surface area contributed by atoms with Crippen molar-refractivity contribution < 1.29 is 42.9 Å². The van der Waals surface area contributed by atoms with Gasteiger partial charge in [-0.2, -0.15) is 0 Å². The predicted octanol–water partition coefficient (Wildman–Crippen LogP) is 4.14. The molecule has 0 aromatic heterocycles. The summed E-state index contributed by atoms with van der Waals surface area (Å²) in [4.78, 5) is 47.0. The summed E-state index contributed by atoms with van der Waals surface area (Å²) >= 11 is 0. The molecule has 0 amide bonds. The van der Waals surface area contributed by atoms with Crippen molar-refractivity contribution in [3.8, 4) is 0 Å². The molecule has 2 aliphatic carbocycles. The highest BCUT2D eigenvalue weighted by Crippen LogP contribution is 2.68. The van der Waals surface area contributed by atoms with Crippen molar-refractivity contribution >= 4 is 23.9 Å². The topological polar surface area (TPSA) is 114 Å². The van der Waals surface area contributed by atoms with Gasteiger partial charge in [0.2, 0.25) is 0 Å². The van der Waals surface area contributed by atoms with Crippen LogP contribution < -0.4 is 0 Å². The summed E-state index contributed by atoms with van der Waals surface area (Å²) in [5.41, 5.74) is -2.18. The van der Waals surface area contributed by atoms with Gasteiger partial charge in [-0.1, -0.05) is 20.8 Å². The van der Waals surface area contributed by atoms with Gasteiger partial charge in [0.1, 0.15) is 24.9 Å². The Balaban J connectivity index is 1.99. The molecule has 3 aliphatic rings. The summed E-state index contributed by atoms with van der Waals surface area (Å²) < 4.78 is 29.3. The van der Waals surface area contributed by atoms with Gasteiger partial charge in [0.15, 0.2) is 0 Å². The molecule has 0 bridgehead atoms. The maximum absolute atomic E-state index is 12.0. The Hall–Kier alpha value is -2.16. The molecule has 0 radical (unpaired) electrons. The third-order valence-corrected chi connectivity index (χ3v) is 9.52. The van der Waals surface area contributed by atoms with E-state index < -0.39 is 16.6 Å². The first kappa shape index (κ1) is 29.4. The molecule has 9 nitrogen and oxygen atoms in total. The van der Waals surface area contributed by atoms with Crippen LogP contribution in [0.25, 0.3) is 0 Å². The normalized spacial score (nSPS) is 38.9. The third-order valence-electron chi connectivity index (χ3n) is 9.52. The Kier molecular flexibility index (Phi) is 8.67. The number of carbonyl (C=O) groups excluding carboxylic acids is 4. The number of ether oxygens (including phenoxy) is 5. The molecule has 2 saturated carbocycles. The van der Waals surface area contributed by atoms with E-state index >= 15 is 0 Å². The number of hydrogen-bond donors (Lipinski definition) is 0. The standard InChI is InChI=1S/C28H44O9/c1-18-8-9-23-25(6,16-34-20(3)30)24(36-22(5)32)10-11-26(23,7)28(18)13-12-27(37-28,17-35-21(4)31)14-15-33-19(2)29/h18,23-24H,8-17H2,1-7H3/t18-,23-,24+,25+,26+,27+,28-/m1/s1. The highest BCUT2D eigenvalue weighted by molar-refractivity contribution is 5.67. The zero-order valence-corrected chi connectivity index (χ0v) is 23.5. The summed E-state index contributed by atoms with van der Waals surface area (Å²) in [5, 5.41) is 0. The Morgan fingerprint density at radius 1 is 0.784 bits per heavy atom. The van der Waals surface area contributed by atoms with Gasteiger partial charge in [0.05, 0.1) is 12.2 Å². The Morgan fingerprint density at radius 3 is 2.00 bits per heavy atom. The van der Waals surface area contributed by atoms with E-state index in [1.165, 1.54) is 27.7 Å². The molecule has 1 spiro atoms. The van der Waals surface area contributed by atoms with Gasteiger partial charge in [0, 0.05) is 44.9 Å². The molecule has 7 atom stereocenters. The SMILES string of the molecule is CC(=O)OCC[C@]1(COC(C)=O)CC[C@@]2(O1)[C@H](C)CC[C@@H]1[C@](C)(COC(C)=O)[C@@H](OC(C)=O)CC[C@@]12C. The molecular formula is C28H44O9. The molecule has 0 aromatic carbocycles. The smallest absolute Gasteiger partial charge is 0.302 e. The number of rotatable bonds is 8. The van der Waals surface area contributed by atoms with Crippen molar-refractivity contribution in [3.05, 3.63) is 0 Å². The second-order valence-corrected chi connectivity index (χ2v) is 11.9. The molecule has 1 saturated heterocycles. The first-order chi connectivity index (χ1) is 17.2. The fraction of sp³-hybridized carbons (Fsp3) is 0.857. The van der Waals surface area contributed by atoms with Crippen molar-refractivity contribution in [1.82, 2.24) is 0 Å². The van der Waals surface area contributed by atoms with Crippen LogP contribution in [0.4, 0.5) is 0 Å². The number of carbonyl (C=O) groups is 4. The van der Waals surface area contributed by atoms with Crippen LogP contribution >= 0.6 is 0 Å². The first-order valence-electron chi connectivity index (χ1n) is 13.5. The summed E-state index contributed by atoms with van der Waals surface area (Å²) in [5.74, 6) is -1.16. The van der Waals surface area contributed by atoms with E-state index in [2.05, 4.69) is 20.8 Å². The van der Waals surface area contributed by atoms with Crippen LogP contribution in [-0.2, 0) is 42.9 Å². The van der Waals surface area contributed by atoms with Gasteiger partial charge in [-0.3, -0.25) is 19.2 Å². The van der Waals surface area contributed by atoms with Crippen molar-refractivity contribution in [1.29, 1.82) is 0 Å². The lowest BCUT2D eigenvalue weighted by molar-refractivity contribution is -0.275. The average Bonchev–Trinajstić information content (AvgIpc) is 3.18. The Bertz CT molecular complexity index is 902. The second kappa shape index (κ2) is 10.9. The van der Waals surface area contributed by atoms with Crippen LogP contribution in [0.15, 0.2) is 0 Å². The second-order valence-electron chi connectivity index (χ2n) is 11.9. The van der Waals surface area contributed by atoms with Crippen molar-refractivity contribution in [2.24, 2.45) is 22.7 Å². The van der Waals surface area contributed by atoms with E-state index in [1.54, 1.807) is 0 Å². The van der Waals surface area contributed by atoms with Crippen molar-refractivity contribution in [3.63, 3.8) is 0 Å². The lowest BCUT2D eigenvalue weighted by atomic mass is 9.43. The van der Waals surface area contributed by atoms with Crippen molar-refractivity contribution in [2.45, 2.75) is 111 Å². The summed E-state index contributed by atoms with van der Waals surface area (Å²) in [7, 11) is 0. The van der Waals surface area contributed by atoms with Crippen molar-refractivity contribution in [2.75, 3.05) is 19.8 Å². The summed E-state index contributed by atoms with van der Waals surface area (Å²) in [6, 6.07) is 0. The van der Waals surface area contributed by atoms with Crippen LogP contribution in [0, 0.1) is 22.7 Å². The molecule has 0 N–H and O–H groups in total. The fourth-order valence-electron chi connectivity index (χ4n) is 7.71. The van der Waals surface area contributed by atoms with Gasteiger partial charge in [0.25, 0.3) is 0 Å². The van der Waals surface area contributed by atoms with E-state index in [9.17, 15) is 19.2 Å². The van der Waals surface area contributed by atoms with E-state index in [0.29, 0.717) is 19.3 Å². The van der Waals surface area contributed by atoms with Gasteiger partial charge in [-0.05, 0) is 50.4 Å². The lowest BCUT2D eigenvalue weighted by Gasteiger charge is -2.65. The molecule has 1 aliphatic heterocycles. The molecule has 0 unspecified atom stereocenters. The first-order valence-corrected chi connectivity index (χ1v) is 13.5. The van der Waals surface area contributed by atoms with Crippen LogP contribution in [-0.4, -0.2) is 61.0 Å². The van der Waals surface area contributed by atoms with Gasteiger partial charge >= 0.3 is 23.9 Å². The van der Waals surface area contributed by atoms with E-state index in [1.807, 2.05) is 0 Å². The number of fused-ring (bicyclic) bond motifs is 2. The molecule has 1 heterocycles. The molecule has 9 heteroatoms. The minimum Gasteiger partial charge on any atom is -0.466 e. The van der Waals surface area contributed by atoms with Gasteiger partial charge in [-0.15, -0.1) is 0 Å². The van der Waals surface area contributed by atoms with E-state index in [4.69, 9.17) is 23.7 Å². The van der Waals surface area contributed by atoms with Crippen LogP contribution in [0.2, 0.25) is 0 Å². The minimum atomic E-state index is -0.765. The fourth-order valence-corrected chi connectivity index (χ4v) is 7.71. The average molecular weight is 525 g/mol. The van der Waals surface area contributed by atoms with E-state index in [0.717, 1.165) is 25.7 Å².